The minimum Gasteiger partial charge on any atom is -0.448 e. The topological polar surface area (TPSA) is 70.2 Å². The monoisotopic (exact) mass is 441 g/mol. The van der Waals surface area contributed by atoms with Gasteiger partial charge in [0.25, 0.3) is 0 Å². The van der Waals surface area contributed by atoms with Crippen molar-refractivity contribution in [3.8, 4) is 0 Å². The second-order valence-electron chi connectivity index (χ2n) is 6.49. The van der Waals surface area contributed by atoms with Crippen molar-refractivity contribution in [1.29, 1.82) is 0 Å². The Labute approximate surface area is 165 Å². The predicted molar refractivity (Wildman–Crippen MR) is 94.6 cm³/mol. The zero-order valence-corrected chi connectivity index (χ0v) is 16.4. The number of benzene rings is 1. The summed E-state index contributed by atoms with van der Waals surface area (Å²) < 4.78 is 70.5. The number of halogens is 4. The van der Waals surface area contributed by atoms with Crippen molar-refractivity contribution in [1.82, 2.24) is 14.1 Å². The van der Waals surface area contributed by atoms with Gasteiger partial charge in [-0.1, -0.05) is 11.6 Å². The SMILES string of the molecule is O=C1OCCN1CCN1CCN(S(=O)(=O)c2ccc(Cl)c(C(F)(F)F)c2)CC1. The maximum absolute atomic E-state index is 13.0. The summed E-state index contributed by atoms with van der Waals surface area (Å²) in [7, 11) is -4.06. The van der Waals surface area contributed by atoms with E-state index in [9.17, 15) is 26.4 Å². The van der Waals surface area contributed by atoms with Gasteiger partial charge in [0, 0.05) is 39.3 Å². The normalized spacial score (nSPS) is 19.9. The van der Waals surface area contributed by atoms with Crippen LogP contribution in [0.15, 0.2) is 23.1 Å². The number of rotatable bonds is 5. The Morgan fingerprint density at radius 1 is 1.07 bits per heavy atom. The first-order chi connectivity index (χ1) is 13.1. The Kier molecular flexibility index (Phi) is 6.08. The third-order valence-electron chi connectivity index (χ3n) is 4.74. The van der Waals surface area contributed by atoms with E-state index in [2.05, 4.69) is 0 Å². The lowest BCUT2D eigenvalue weighted by atomic mass is 10.2. The molecule has 0 saturated carbocycles. The average Bonchev–Trinajstić information content (AvgIpc) is 3.04. The molecule has 0 aromatic heterocycles. The van der Waals surface area contributed by atoms with Crippen LogP contribution in [0, 0.1) is 0 Å². The lowest BCUT2D eigenvalue weighted by molar-refractivity contribution is -0.137. The highest BCUT2D eigenvalue weighted by Gasteiger charge is 2.36. The number of carbonyl (C=O) groups excluding carboxylic acids is 1. The minimum absolute atomic E-state index is 0.150. The molecule has 28 heavy (non-hydrogen) atoms. The first-order valence-corrected chi connectivity index (χ1v) is 10.4. The molecule has 0 unspecified atom stereocenters. The van der Waals surface area contributed by atoms with Gasteiger partial charge in [-0.15, -0.1) is 0 Å². The van der Waals surface area contributed by atoms with Gasteiger partial charge in [0.1, 0.15) is 6.61 Å². The fraction of sp³-hybridized carbons (Fsp3) is 0.562. The molecule has 1 amide bonds. The Hall–Kier alpha value is -1.56. The van der Waals surface area contributed by atoms with Crippen LogP contribution in [0.1, 0.15) is 5.56 Å². The number of amides is 1. The molecule has 1 aromatic rings. The van der Waals surface area contributed by atoms with Crippen LogP contribution in [-0.4, -0.2) is 81.0 Å². The highest BCUT2D eigenvalue weighted by atomic mass is 35.5. The molecule has 2 fully saturated rings. The van der Waals surface area contributed by atoms with Crippen LogP contribution in [-0.2, 0) is 20.9 Å². The summed E-state index contributed by atoms with van der Waals surface area (Å²) in [6, 6.07) is 2.60. The maximum atomic E-state index is 13.0. The second-order valence-corrected chi connectivity index (χ2v) is 8.83. The van der Waals surface area contributed by atoms with E-state index < -0.39 is 31.7 Å². The highest BCUT2D eigenvalue weighted by molar-refractivity contribution is 7.89. The summed E-state index contributed by atoms with van der Waals surface area (Å²) in [6.45, 7) is 3.09. The van der Waals surface area contributed by atoms with Crippen molar-refractivity contribution in [3.05, 3.63) is 28.8 Å². The van der Waals surface area contributed by atoms with Crippen LogP contribution >= 0.6 is 11.6 Å². The lowest BCUT2D eigenvalue weighted by Crippen LogP contribution is -2.50. The molecule has 1 aromatic carbocycles. The maximum Gasteiger partial charge on any atom is 0.417 e. The van der Waals surface area contributed by atoms with Gasteiger partial charge in [0.05, 0.1) is 22.0 Å². The fourth-order valence-corrected chi connectivity index (χ4v) is 4.79. The summed E-state index contributed by atoms with van der Waals surface area (Å²) in [4.78, 5) is 14.6. The molecule has 2 saturated heterocycles. The molecule has 0 atom stereocenters. The van der Waals surface area contributed by atoms with Crippen molar-refractivity contribution in [2.75, 3.05) is 52.4 Å². The van der Waals surface area contributed by atoms with Crippen LogP contribution in [0.25, 0.3) is 0 Å². The average molecular weight is 442 g/mol. The zero-order valence-electron chi connectivity index (χ0n) is 14.8. The summed E-state index contributed by atoms with van der Waals surface area (Å²) >= 11 is 5.56. The summed E-state index contributed by atoms with van der Waals surface area (Å²) in [5.74, 6) is 0. The molecule has 2 heterocycles. The molecular weight excluding hydrogens is 423 g/mol. The smallest absolute Gasteiger partial charge is 0.417 e. The van der Waals surface area contributed by atoms with Crippen LogP contribution in [0.2, 0.25) is 5.02 Å². The largest absolute Gasteiger partial charge is 0.448 e. The molecule has 0 spiro atoms. The first-order valence-electron chi connectivity index (χ1n) is 8.60. The number of hydrogen-bond donors (Lipinski definition) is 0. The van der Waals surface area contributed by atoms with Crippen LogP contribution in [0.4, 0.5) is 18.0 Å². The van der Waals surface area contributed by atoms with Crippen molar-refractivity contribution in [2.45, 2.75) is 11.1 Å². The molecule has 0 radical (unpaired) electrons. The van der Waals surface area contributed by atoms with Gasteiger partial charge in [-0.25, -0.2) is 13.2 Å². The molecule has 12 heteroatoms. The first kappa shape index (κ1) is 21.2. The fourth-order valence-electron chi connectivity index (χ4n) is 3.12. The third kappa shape index (κ3) is 4.53. The van der Waals surface area contributed by atoms with E-state index in [0.29, 0.717) is 45.4 Å². The molecule has 0 N–H and O–H groups in total. The van der Waals surface area contributed by atoms with E-state index in [-0.39, 0.29) is 19.2 Å². The van der Waals surface area contributed by atoms with Gasteiger partial charge in [0.15, 0.2) is 0 Å². The molecule has 3 rings (SSSR count). The molecule has 156 valence electrons. The number of cyclic esters (lactones) is 1. The Balaban J connectivity index is 1.62. The quantitative estimate of drug-likeness (QED) is 0.700. The molecule has 2 aliphatic rings. The molecule has 7 nitrogen and oxygen atoms in total. The van der Waals surface area contributed by atoms with Gasteiger partial charge in [-0.3, -0.25) is 4.90 Å². The second kappa shape index (κ2) is 8.05. The van der Waals surface area contributed by atoms with Crippen molar-refractivity contribution >= 4 is 27.7 Å². The van der Waals surface area contributed by atoms with E-state index in [1.807, 2.05) is 4.90 Å². The van der Waals surface area contributed by atoms with E-state index in [1.165, 1.54) is 0 Å². The Morgan fingerprint density at radius 2 is 1.75 bits per heavy atom. The number of sulfonamides is 1. The Morgan fingerprint density at radius 3 is 2.32 bits per heavy atom. The number of piperazine rings is 1. The number of carbonyl (C=O) groups is 1. The molecular formula is C16H19ClF3N3O4S. The van der Waals surface area contributed by atoms with Crippen LogP contribution in [0.5, 0.6) is 0 Å². The van der Waals surface area contributed by atoms with Gasteiger partial charge in [0.2, 0.25) is 10.0 Å². The van der Waals surface area contributed by atoms with E-state index in [1.54, 1.807) is 4.90 Å². The van der Waals surface area contributed by atoms with Gasteiger partial charge < -0.3 is 9.64 Å². The van der Waals surface area contributed by atoms with Crippen LogP contribution < -0.4 is 0 Å². The van der Waals surface area contributed by atoms with E-state index in [0.717, 1.165) is 16.4 Å². The van der Waals surface area contributed by atoms with Gasteiger partial charge >= 0.3 is 12.3 Å². The number of nitrogens with zero attached hydrogens (tertiary/aromatic N) is 3. The van der Waals surface area contributed by atoms with Crippen molar-refractivity contribution < 1.29 is 31.1 Å². The van der Waals surface area contributed by atoms with Gasteiger partial charge in [-0.05, 0) is 18.2 Å². The molecule has 2 aliphatic heterocycles. The minimum atomic E-state index is -4.74. The number of alkyl halides is 3. The molecule has 0 aliphatic carbocycles. The van der Waals surface area contributed by atoms with E-state index >= 15 is 0 Å². The van der Waals surface area contributed by atoms with E-state index in [4.69, 9.17) is 16.3 Å². The lowest BCUT2D eigenvalue weighted by Gasteiger charge is -2.34. The summed E-state index contributed by atoms with van der Waals surface area (Å²) in [6.07, 6.45) is -5.10. The highest BCUT2D eigenvalue weighted by Crippen LogP contribution is 2.36. The number of ether oxygens (including phenoxy) is 1. The molecule has 0 bridgehead atoms. The number of hydrogen-bond acceptors (Lipinski definition) is 5. The summed E-state index contributed by atoms with van der Waals surface area (Å²) in [5.41, 5.74) is -1.17. The van der Waals surface area contributed by atoms with Crippen LogP contribution in [0.3, 0.4) is 0 Å². The third-order valence-corrected chi connectivity index (χ3v) is 6.97. The van der Waals surface area contributed by atoms with Gasteiger partial charge in [-0.2, -0.15) is 17.5 Å². The summed E-state index contributed by atoms with van der Waals surface area (Å²) in [5, 5.41) is -0.545. The van der Waals surface area contributed by atoms with Crippen molar-refractivity contribution in [2.24, 2.45) is 0 Å². The Bertz CT molecular complexity index is 842. The zero-order chi connectivity index (χ0) is 20.5. The van der Waals surface area contributed by atoms with Crippen molar-refractivity contribution in [3.63, 3.8) is 0 Å². The standard InChI is InChI=1S/C16H19ClF3N3O4S/c17-14-2-1-12(11-13(14)16(18,19)20)28(25,26)23-7-4-21(5-8-23)3-6-22-9-10-27-15(22)24/h1-2,11H,3-10H2. The predicted octanol–water partition coefficient (Wildman–Crippen LogP) is 2.12.